The number of nitrogens with one attached hydrogen (secondary N) is 1. The van der Waals surface area contributed by atoms with Crippen LogP contribution < -0.4 is 14.4 Å². The second-order valence-electron chi connectivity index (χ2n) is 15.8. The standard InChI is InChI=1S/C41H56ClF2N5O6S/c1-4-7-28-18-32(42)11-13-34(28)31-21-48(36-19-29(10-14-38(36)55-24-31)39(52)40(53)45-56-49-22-33(51)23-49)20-30-9-12-35(30)37(8-5-6-15-46(3)27(2)50)54-17-16-47-25-41(43,44)26-47/h5,8,10-11,13-14,18-19,30-31,33,35,37,39,51-52H,4,6-7,9,12,15-17,20-26H2,1-3H3,(H,45,53)/b8-5+. The predicted octanol–water partition coefficient (Wildman–Crippen LogP) is 5.45. The Kier molecular flexibility index (Phi) is 14.6. The first-order valence-electron chi connectivity index (χ1n) is 19.8. The van der Waals surface area contributed by atoms with E-state index in [0.717, 1.165) is 43.5 Å². The van der Waals surface area contributed by atoms with Crippen molar-refractivity contribution in [2.45, 2.75) is 76.1 Å². The van der Waals surface area contributed by atoms with Crippen LogP contribution in [0.25, 0.3) is 0 Å². The summed E-state index contributed by atoms with van der Waals surface area (Å²) in [6.07, 6.45) is 6.50. The average molecular weight is 820 g/mol. The summed E-state index contributed by atoms with van der Waals surface area (Å²) in [5, 5.41) is 21.5. The Morgan fingerprint density at radius 1 is 1.18 bits per heavy atom. The lowest BCUT2D eigenvalue weighted by Crippen LogP contribution is -2.57. The van der Waals surface area contributed by atoms with Gasteiger partial charge in [-0.1, -0.05) is 49.2 Å². The van der Waals surface area contributed by atoms with Gasteiger partial charge in [-0.3, -0.25) is 19.2 Å². The molecule has 2 saturated heterocycles. The first-order valence-corrected chi connectivity index (χ1v) is 20.9. The van der Waals surface area contributed by atoms with E-state index in [9.17, 15) is 28.6 Å². The minimum absolute atomic E-state index is 0.000332. The molecular weight excluding hydrogens is 764 g/mol. The van der Waals surface area contributed by atoms with Gasteiger partial charge in [0.2, 0.25) is 5.91 Å². The third-order valence-corrected chi connectivity index (χ3v) is 12.5. The van der Waals surface area contributed by atoms with E-state index in [1.165, 1.54) is 11.1 Å². The summed E-state index contributed by atoms with van der Waals surface area (Å²) >= 11 is 7.54. The Balaban J connectivity index is 1.22. The Hall–Kier alpha value is -2.98. The number of hydrogen-bond donors (Lipinski definition) is 3. The summed E-state index contributed by atoms with van der Waals surface area (Å²) < 4.78 is 44.5. The van der Waals surface area contributed by atoms with Crippen molar-refractivity contribution in [1.82, 2.24) is 18.8 Å². The molecule has 5 atom stereocenters. The molecule has 0 spiro atoms. The average Bonchev–Trinajstić information content (AvgIpc) is 3.30. The van der Waals surface area contributed by atoms with Gasteiger partial charge in [0.15, 0.2) is 6.10 Å². The molecular formula is C41H56ClF2N5O6S. The van der Waals surface area contributed by atoms with Gasteiger partial charge in [-0.2, -0.15) is 0 Å². The van der Waals surface area contributed by atoms with E-state index in [0.29, 0.717) is 75.2 Å². The van der Waals surface area contributed by atoms with Gasteiger partial charge in [0.25, 0.3) is 11.8 Å². The van der Waals surface area contributed by atoms with Crippen LogP contribution in [0.4, 0.5) is 14.5 Å². The summed E-state index contributed by atoms with van der Waals surface area (Å²) in [7, 11) is 1.77. The van der Waals surface area contributed by atoms with Crippen LogP contribution in [0.5, 0.6) is 5.75 Å². The van der Waals surface area contributed by atoms with Crippen LogP contribution in [-0.2, 0) is 20.7 Å². The van der Waals surface area contributed by atoms with Crippen molar-refractivity contribution in [2.75, 3.05) is 77.5 Å². The maximum absolute atomic E-state index is 13.5. The van der Waals surface area contributed by atoms with Crippen LogP contribution in [0.3, 0.4) is 0 Å². The molecule has 3 heterocycles. The zero-order chi connectivity index (χ0) is 40.0. The number of β-amino-alcohol motifs (C(OH)–C–C–N with tert-alkyl or cyclic N) is 1. The van der Waals surface area contributed by atoms with Crippen LogP contribution in [0.2, 0.25) is 5.02 Å². The third kappa shape index (κ3) is 10.9. The van der Waals surface area contributed by atoms with Gasteiger partial charge >= 0.3 is 0 Å². The van der Waals surface area contributed by atoms with Gasteiger partial charge in [-0.25, -0.2) is 13.1 Å². The smallest absolute Gasteiger partial charge is 0.272 e. The summed E-state index contributed by atoms with van der Waals surface area (Å²) in [5.74, 6) is -2.11. The van der Waals surface area contributed by atoms with Crippen molar-refractivity contribution in [1.29, 1.82) is 0 Å². The maximum Gasteiger partial charge on any atom is 0.272 e. The molecule has 1 saturated carbocycles. The van der Waals surface area contributed by atoms with E-state index in [4.69, 9.17) is 21.1 Å². The quantitative estimate of drug-likeness (QED) is 0.133. The number of hydrogen-bond acceptors (Lipinski definition) is 10. The first-order chi connectivity index (χ1) is 26.8. The number of aliphatic hydroxyl groups excluding tert-OH is 2. The Morgan fingerprint density at radius 3 is 2.64 bits per heavy atom. The summed E-state index contributed by atoms with van der Waals surface area (Å²) in [6, 6.07) is 11.5. The predicted molar refractivity (Wildman–Crippen MR) is 215 cm³/mol. The van der Waals surface area contributed by atoms with Crippen molar-refractivity contribution in [2.24, 2.45) is 11.8 Å². The number of halogens is 3. The molecule has 2 aromatic carbocycles. The van der Waals surface area contributed by atoms with Crippen LogP contribution in [-0.4, -0.2) is 127 Å². The number of aliphatic hydroxyl groups is 2. The van der Waals surface area contributed by atoms with Gasteiger partial charge < -0.3 is 29.5 Å². The number of carbonyl (C=O) groups excluding carboxylic acids is 2. The maximum atomic E-state index is 13.5. The lowest BCUT2D eigenvalue weighted by atomic mass is 9.70. The minimum Gasteiger partial charge on any atom is -0.491 e. The molecule has 56 heavy (non-hydrogen) atoms. The molecule has 308 valence electrons. The van der Waals surface area contributed by atoms with Crippen LogP contribution in [0.1, 0.15) is 68.2 Å². The van der Waals surface area contributed by atoms with Crippen molar-refractivity contribution < 1.29 is 38.1 Å². The fourth-order valence-corrected chi connectivity index (χ4v) is 8.93. The van der Waals surface area contributed by atoms with Crippen molar-refractivity contribution in [3.05, 3.63) is 70.3 Å². The summed E-state index contributed by atoms with van der Waals surface area (Å²) in [6.45, 7) is 7.18. The number of benzene rings is 2. The Bertz CT molecular complexity index is 1690. The van der Waals surface area contributed by atoms with Crippen LogP contribution >= 0.6 is 23.7 Å². The van der Waals surface area contributed by atoms with Gasteiger partial charge in [-0.15, -0.1) is 0 Å². The number of anilines is 1. The molecule has 0 bridgehead atoms. The fourth-order valence-electron chi connectivity index (χ4n) is 7.91. The summed E-state index contributed by atoms with van der Waals surface area (Å²) in [4.78, 5) is 30.5. The van der Waals surface area contributed by atoms with Crippen molar-refractivity contribution in [3.8, 4) is 5.75 Å². The molecule has 2 amide bonds. The van der Waals surface area contributed by atoms with Crippen LogP contribution in [0, 0.1) is 11.8 Å². The topological polar surface area (TPSA) is 118 Å². The number of aryl methyl sites for hydroxylation is 1. The van der Waals surface area contributed by atoms with Crippen LogP contribution in [0.15, 0.2) is 48.6 Å². The second-order valence-corrected chi connectivity index (χ2v) is 17.1. The molecule has 3 aliphatic heterocycles. The highest BCUT2D eigenvalue weighted by Gasteiger charge is 2.44. The van der Waals surface area contributed by atoms with Gasteiger partial charge in [0.05, 0.1) is 44.2 Å². The normalized spacial score (nSPS) is 23.6. The zero-order valence-corrected chi connectivity index (χ0v) is 34.1. The number of amides is 2. The largest absolute Gasteiger partial charge is 0.491 e. The van der Waals surface area contributed by atoms with Gasteiger partial charge in [0, 0.05) is 76.3 Å². The van der Waals surface area contributed by atoms with E-state index in [2.05, 4.69) is 34.8 Å². The van der Waals surface area contributed by atoms with Crippen molar-refractivity contribution >= 4 is 41.2 Å². The molecule has 5 unspecified atom stereocenters. The number of likely N-dealkylation sites (tertiary alicyclic amines) is 1. The molecule has 11 nitrogen and oxygen atoms in total. The lowest BCUT2D eigenvalue weighted by Gasteiger charge is -2.44. The van der Waals surface area contributed by atoms with Crippen molar-refractivity contribution in [3.63, 3.8) is 0 Å². The highest BCUT2D eigenvalue weighted by Crippen LogP contribution is 2.44. The Morgan fingerprint density at radius 2 is 1.96 bits per heavy atom. The SMILES string of the molecule is CCCc1cc(Cl)ccc1C1COc2ccc(C(O)C(=O)NSN3CC(O)C3)cc2N(CC2CCC2C(/C=C/CCN(C)C(C)=O)OCCN2CC(F)(F)C2)C1. The van der Waals surface area contributed by atoms with E-state index in [1.54, 1.807) is 34.1 Å². The molecule has 15 heteroatoms. The molecule has 0 radical (unpaired) electrons. The second kappa shape index (κ2) is 19.2. The number of carbonyl (C=O) groups is 2. The highest BCUT2D eigenvalue weighted by atomic mass is 35.5. The molecule has 4 aliphatic rings. The summed E-state index contributed by atoms with van der Waals surface area (Å²) in [5.41, 5.74) is 3.61. The monoisotopic (exact) mass is 819 g/mol. The number of rotatable bonds is 18. The number of alkyl halides is 2. The molecule has 3 fully saturated rings. The highest BCUT2D eigenvalue weighted by molar-refractivity contribution is 7.95. The molecule has 2 aromatic rings. The minimum atomic E-state index is -2.63. The van der Waals surface area contributed by atoms with E-state index in [-0.39, 0.29) is 42.9 Å². The molecule has 6 rings (SSSR count). The molecule has 1 aliphatic carbocycles. The molecule has 3 N–H and O–H groups in total. The van der Waals surface area contributed by atoms with E-state index < -0.39 is 24.0 Å². The zero-order valence-electron chi connectivity index (χ0n) is 32.5. The van der Waals surface area contributed by atoms with Gasteiger partial charge in [0.1, 0.15) is 5.75 Å². The van der Waals surface area contributed by atoms with E-state index >= 15 is 0 Å². The third-order valence-electron chi connectivity index (χ3n) is 11.4. The van der Waals surface area contributed by atoms with E-state index in [1.807, 2.05) is 24.3 Å². The van der Waals surface area contributed by atoms with Gasteiger partial charge in [-0.05, 0) is 78.5 Å². The number of nitrogens with zero attached hydrogens (tertiary/aromatic N) is 4. The molecule has 0 aromatic heterocycles. The first kappa shape index (κ1) is 42.6. The Labute approximate surface area is 338 Å². The lowest BCUT2D eigenvalue weighted by molar-refractivity contribution is -0.138. The number of ether oxygens (including phenoxy) is 2. The number of fused-ring (bicyclic) bond motifs is 1. The fraction of sp³-hybridized carbons (Fsp3) is 0.610.